The minimum Gasteiger partial charge on any atom is -0.388 e. The zero-order valence-corrected chi connectivity index (χ0v) is 9.33. The maximum Gasteiger partial charge on any atom is 0.169 e. The molecular formula is C12H11N5. The van der Waals surface area contributed by atoms with Crippen molar-refractivity contribution in [3.63, 3.8) is 0 Å². The van der Waals surface area contributed by atoms with E-state index in [4.69, 9.17) is 0 Å². The van der Waals surface area contributed by atoms with Gasteiger partial charge in [0.1, 0.15) is 6.33 Å². The fraction of sp³-hybridized carbons (Fsp3) is 0.0833. The van der Waals surface area contributed by atoms with Crippen LogP contribution < -0.4 is 5.32 Å². The Morgan fingerprint density at radius 1 is 1.06 bits per heavy atom. The van der Waals surface area contributed by atoms with Crippen molar-refractivity contribution in [2.45, 2.75) is 0 Å². The summed E-state index contributed by atoms with van der Waals surface area (Å²) in [6.07, 6.45) is 3.43. The molecule has 0 unspecified atom stereocenters. The van der Waals surface area contributed by atoms with Crippen molar-refractivity contribution in [2.75, 3.05) is 12.4 Å². The number of benzene rings is 1. The highest BCUT2D eigenvalue weighted by molar-refractivity contribution is 5.62. The summed E-state index contributed by atoms with van der Waals surface area (Å²) in [5.41, 5.74) is 2.89. The van der Waals surface area contributed by atoms with Gasteiger partial charge >= 0.3 is 0 Å². The molecule has 2 aromatic heterocycles. The summed E-state index contributed by atoms with van der Waals surface area (Å²) >= 11 is 0. The van der Waals surface area contributed by atoms with Gasteiger partial charge in [0.05, 0.1) is 0 Å². The second-order valence-corrected chi connectivity index (χ2v) is 3.66. The predicted molar refractivity (Wildman–Crippen MR) is 65.8 cm³/mol. The van der Waals surface area contributed by atoms with E-state index in [0.29, 0.717) is 0 Å². The molecule has 84 valence electrons. The first-order valence-corrected chi connectivity index (χ1v) is 5.31. The number of hydrogen-bond acceptors (Lipinski definition) is 4. The van der Waals surface area contributed by atoms with Gasteiger partial charge in [0.15, 0.2) is 11.5 Å². The number of nitrogens with one attached hydrogen (secondary N) is 1. The van der Waals surface area contributed by atoms with E-state index < -0.39 is 0 Å². The lowest BCUT2D eigenvalue weighted by Crippen LogP contribution is -1.91. The molecule has 2 heterocycles. The van der Waals surface area contributed by atoms with Gasteiger partial charge in [0, 0.05) is 30.6 Å². The van der Waals surface area contributed by atoms with E-state index in [1.165, 1.54) is 0 Å². The summed E-state index contributed by atoms with van der Waals surface area (Å²) in [7, 11) is 1.89. The molecule has 0 radical (unpaired) electrons. The SMILES string of the molecule is CNc1ccc(-c2nnc3ccncn23)cc1. The molecule has 0 amide bonds. The Balaban J connectivity index is 2.13. The first-order valence-electron chi connectivity index (χ1n) is 5.31. The Labute approximate surface area is 98.1 Å². The van der Waals surface area contributed by atoms with E-state index in [0.717, 1.165) is 22.7 Å². The Morgan fingerprint density at radius 2 is 1.88 bits per heavy atom. The maximum absolute atomic E-state index is 4.17. The third kappa shape index (κ3) is 1.61. The topological polar surface area (TPSA) is 55.1 Å². The monoisotopic (exact) mass is 225 g/mol. The van der Waals surface area contributed by atoms with Gasteiger partial charge in [-0.15, -0.1) is 10.2 Å². The van der Waals surface area contributed by atoms with Gasteiger partial charge in [-0.3, -0.25) is 4.40 Å². The van der Waals surface area contributed by atoms with Gasteiger partial charge < -0.3 is 5.32 Å². The van der Waals surface area contributed by atoms with E-state index in [1.54, 1.807) is 12.5 Å². The first-order chi connectivity index (χ1) is 8.38. The van der Waals surface area contributed by atoms with Crippen LogP contribution in [0.25, 0.3) is 17.0 Å². The summed E-state index contributed by atoms with van der Waals surface area (Å²) in [5.74, 6) is 0.802. The number of fused-ring (bicyclic) bond motifs is 1. The van der Waals surface area contributed by atoms with E-state index in [2.05, 4.69) is 20.5 Å². The number of nitrogens with zero attached hydrogens (tertiary/aromatic N) is 4. The highest BCUT2D eigenvalue weighted by atomic mass is 15.3. The summed E-state index contributed by atoms with van der Waals surface area (Å²) in [6.45, 7) is 0. The standard InChI is InChI=1S/C12H11N5/c1-13-10-4-2-9(3-5-10)12-16-15-11-6-7-14-8-17(11)12/h2-8,13H,1H3. The number of hydrogen-bond donors (Lipinski definition) is 1. The molecule has 5 heteroatoms. The van der Waals surface area contributed by atoms with E-state index in [-0.39, 0.29) is 0 Å². The molecule has 5 nitrogen and oxygen atoms in total. The summed E-state index contributed by atoms with van der Waals surface area (Å²) in [5, 5.41) is 11.4. The molecule has 0 fully saturated rings. The fourth-order valence-corrected chi connectivity index (χ4v) is 1.73. The van der Waals surface area contributed by atoms with Gasteiger partial charge in [-0.1, -0.05) is 0 Å². The Hall–Kier alpha value is -2.43. The second kappa shape index (κ2) is 3.86. The minimum absolute atomic E-state index is 0.799. The fourth-order valence-electron chi connectivity index (χ4n) is 1.73. The molecule has 0 bridgehead atoms. The van der Waals surface area contributed by atoms with Gasteiger partial charge in [0.2, 0.25) is 0 Å². The van der Waals surface area contributed by atoms with Crippen LogP contribution in [0.5, 0.6) is 0 Å². The number of rotatable bonds is 2. The van der Waals surface area contributed by atoms with Gasteiger partial charge in [-0.2, -0.15) is 0 Å². The average Bonchev–Trinajstić information content (AvgIpc) is 2.83. The van der Waals surface area contributed by atoms with E-state index in [1.807, 2.05) is 41.8 Å². The van der Waals surface area contributed by atoms with Crippen LogP contribution in [0.1, 0.15) is 0 Å². The minimum atomic E-state index is 0.799. The molecule has 0 spiro atoms. The van der Waals surface area contributed by atoms with Crippen molar-refractivity contribution in [3.8, 4) is 11.4 Å². The normalized spacial score (nSPS) is 10.6. The number of anilines is 1. The molecule has 3 rings (SSSR count). The van der Waals surface area contributed by atoms with Crippen LogP contribution >= 0.6 is 0 Å². The Bertz CT molecular complexity index is 641. The molecule has 1 N–H and O–H groups in total. The largest absolute Gasteiger partial charge is 0.388 e. The van der Waals surface area contributed by atoms with Crippen molar-refractivity contribution in [2.24, 2.45) is 0 Å². The molecule has 1 aromatic carbocycles. The van der Waals surface area contributed by atoms with E-state index in [9.17, 15) is 0 Å². The summed E-state index contributed by atoms with van der Waals surface area (Å²) < 4.78 is 1.87. The zero-order valence-electron chi connectivity index (χ0n) is 9.33. The van der Waals surface area contributed by atoms with Gasteiger partial charge in [-0.25, -0.2) is 4.98 Å². The average molecular weight is 225 g/mol. The third-order valence-corrected chi connectivity index (χ3v) is 2.65. The molecule has 0 saturated heterocycles. The van der Waals surface area contributed by atoms with Gasteiger partial charge in [-0.05, 0) is 24.3 Å². The molecule has 0 aliphatic heterocycles. The molecule has 0 aliphatic carbocycles. The van der Waals surface area contributed by atoms with Crippen LogP contribution in [-0.4, -0.2) is 26.6 Å². The molecule has 0 aliphatic rings. The second-order valence-electron chi connectivity index (χ2n) is 3.66. The maximum atomic E-state index is 4.17. The smallest absolute Gasteiger partial charge is 0.169 e. The van der Waals surface area contributed by atoms with Crippen molar-refractivity contribution in [3.05, 3.63) is 42.9 Å². The first kappa shape index (κ1) is 9.77. The predicted octanol–water partition coefficient (Wildman–Crippen LogP) is 1.83. The lowest BCUT2D eigenvalue weighted by atomic mass is 10.2. The lowest BCUT2D eigenvalue weighted by molar-refractivity contribution is 1.08. The molecule has 3 aromatic rings. The van der Waals surface area contributed by atoms with Crippen LogP contribution in [0.15, 0.2) is 42.9 Å². The van der Waals surface area contributed by atoms with Crippen LogP contribution in [0.3, 0.4) is 0 Å². The zero-order chi connectivity index (χ0) is 11.7. The van der Waals surface area contributed by atoms with Crippen LogP contribution in [-0.2, 0) is 0 Å². The molecule has 0 atom stereocenters. The Kier molecular flexibility index (Phi) is 2.22. The molecule has 0 saturated carbocycles. The summed E-state index contributed by atoms with van der Waals surface area (Å²) in [6, 6.07) is 9.86. The quantitative estimate of drug-likeness (QED) is 0.723. The van der Waals surface area contributed by atoms with Crippen molar-refractivity contribution in [1.29, 1.82) is 0 Å². The van der Waals surface area contributed by atoms with Crippen LogP contribution in [0.4, 0.5) is 5.69 Å². The van der Waals surface area contributed by atoms with Crippen LogP contribution in [0, 0.1) is 0 Å². The van der Waals surface area contributed by atoms with Crippen molar-refractivity contribution >= 4 is 11.3 Å². The third-order valence-electron chi connectivity index (χ3n) is 2.65. The number of aromatic nitrogens is 4. The molecular weight excluding hydrogens is 214 g/mol. The van der Waals surface area contributed by atoms with Crippen molar-refractivity contribution < 1.29 is 0 Å². The van der Waals surface area contributed by atoms with Gasteiger partial charge in [0.25, 0.3) is 0 Å². The lowest BCUT2D eigenvalue weighted by Gasteiger charge is -2.02. The van der Waals surface area contributed by atoms with Crippen LogP contribution in [0.2, 0.25) is 0 Å². The van der Waals surface area contributed by atoms with E-state index >= 15 is 0 Å². The summed E-state index contributed by atoms with van der Waals surface area (Å²) in [4.78, 5) is 4.08. The highest BCUT2D eigenvalue weighted by Gasteiger charge is 2.06. The Morgan fingerprint density at radius 3 is 2.65 bits per heavy atom. The molecule has 17 heavy (non-hydrogen) atoms. The highest BCUT2D eigenvalue weighted by Crippen LogP contribution is 2.19. The van der Waals surface area contributed by atoms with Crippen molar-refractivity contribution in [1.82, 2.24) is 19.6 Å².